The molecule has 1 aliphatic rings. The van der Waals surface area contributed by atoms with Crippen LogP contribution < -0.4 is 10.5 Å². The second-order valence-corrected chi connectivity index (χ2v) is 7.94. The van der Waals surface area contributed by atoms with Gasteiger partial charge in [0.25, 0.3) is 5.56 Å². The molecule has 1 saturated heterocycles. The lowest BCUT2D eigenvalue weighted by atomic mass is 10.1. The summed E-state index contributed by atoms with van der Waals surface area (Å²) in [4.78, 5) is 26.1. The monoisotopic (exact) mass is 443 g/mol. The van der Waals surface area contributed by atoms with Gasteiger partial charge in [-0.3, -0.25) is 19.4 Å². The zero-order chi connectivity index (χ0) is 22.5. The fourth-order valence-electron chi connectivity index (χ4n) is 4.05. The molecule has 32 heavy (non-hydrogen) atoms. The number of alkyl halides is 3. The van der Waals surface area contributed by atoms with Crippen molar-refractivity contribution < 1.29 is 13.2 Å². The summed E-state index contributed by atoms with van der Waals surface area (Å²) in [6, 6.07) is 5.15. The molecule has 5 heterocycles. The van der Waals surface area contributed by atoms with E-state index < -0.39 is 18.3 Å². The molecule has 0 atom stereocenters. The number of anilines is 1. The summed E-state index contributed by atoms with van der Waals surface area (Å²) in [7, 11) is 2.07. The van der Waals surface area contributed by atoms with Crippen molar-refractivity contribution in [1.29, 1.82) is 0 Å². The van der Waals surface area contributed by atoms with Crippen molar-refractivity contribution in [2.75, 3.05) is 38.1 Å². The first-order valence-electron chi connectivity index (χ1n) is 10.1. The van der Waals surface area contributed by atoms with Crippen LogP contribution in [0.2, 0.25) is 0 Å². The Hall–Kier alpha value is -3.47. The summed E-state index contributed by atoms with van der Waals surface area (Å²) in [6.07, 6.45) is -0.171. The van der Waals surface area contributed by atoms with Crippen LogP contribution in [0.15, 0.2) is 41.6 Å². The molecule has 5 rings (SSSR count). The van der Waals surface area contributed by atoms with Crippen molar-refractivity contribution in [2.24, 2.45) is 0 Å². The Morgan fingerprint density at radius 2 is 1.84 bits per heavy atom. The largest absolute Gasteiger partial charge is 0.406 e. The number of fused-ring (bicyclic) bond motifs is 3. The van der Waals surface area contributed by atoms with E-state index in [1.54, 1.807) is 12.3 Å². The third-order valence-electron chi connectivity index (χ3n) is 5.76. The third kappa shape index (κ3) is 3.68. The molecule has 1 aliphatic heterocycles. The van der Waals surface area contributed by atoms with Crippen LogP contribution in [0.4, 0.5) is 19.0 Å². The van der Waals surface area contributed by atoms with Crippen molar-refractivity contribution in [3.05, 3.63) is 47.1 Å². The molecule has 8 nitrogen and oxygen atoms in total. The molecule has 0 radical (unpaired) electrons. The van der Waals surface area contributed by atoms with Crippen LogP contribution in [0, 0.1) is 0 Å². The van der Waals surface area contributed by atoms with E-state index in [0.29, 0.717) is 22.2 Å². The number of nitrogens with zero attached hydrogens (tertiary/aromatic N) is 6. The van der Waals surface area contributed by atoms with Gasteiger partial charge in [-0.25, -0.2) is 4.98 Å². The van der Waals surface area contributed by atoms with Crippen molar-refractivity contribution in [3.8, 4) is 11.3 Å². The molecule has 0 saturated carbocycles. The molecule has 166 valence electrons. The Labute approximate surface area is 180 Å². The molecule has 1 fully saturated rings. The Balaban J connectivity index is 1.63. The molecule has 11 heteroatoms. The molecule has 0 aromatic carbocycles. The number of hydrogen-bond acceptors (Lipinski definition) is 6. The van der Waals surface area contributed by atoms with Crippen LogP contribution >= 0.6 is 0 Å². The average molecular weight is 443 g/mol. The SMILES string of the molecule is CN1CCN(c2cc(-c3cc4c(cn3)c3[nH]ncc3c(=O)n4CC(F)(F)F)ccn2)CC1. The van der Waals surface area contributed by atoms with E-state index in [-0.39, 0.29) is 10.9 Å². The van der Waals surface area contributed by atoms with Gasteiger partial charge in [0.1, 0.15) is 12.4 Å². The number of likely N-dealkylation sites (N-methyl/N-ethyl adjacent to an activating group) is 1. The summed E-state index contributed by atoms with van der Waals surface area (Å²) >= 11 is 0. The first-order chi connectivity index (χ1) is 15.3. The topological polar surface area (TPSA) is 82.9 Å². The smallest absolute Gasteiger partial charge is 0.354 e. The van der Waals surface area contributed by atoms with Crippen LogP contribution in [0.25, 0.3) is 33.1 Å². The zero-order valence-electron chi connectivity index (χ0n) is 17.2. The second-order valence-electron chi connectivity index (χ2n) is 7.94. The van der Waals surface area contributed by atoms with Gasteiger partial charge >= 0.3 is 6.18 Å². The van der Waals surface area contributed by atoms with E-state index in [4.69, 9.17) is 0 Å². The number of rotatable bonds is 3. The minimum atomic E-state index is -4.55. The van der Waals surface area contributed by atoms with Crippen molar-refractivity contribution in [2.45, 2.75) is 12.7 Å². The van der Waals surface area contributed by atoms with Crippen LogP contribution in [0.3, 0.4) is 0 Å². The van der Waals surface area contributed by atoms with Crippen molar-refractivity contribution >= 4 is 27.6 Å². The quantitative estimate of drug-likeness (QED) is 0.524. The summed E-state index contributed by atoms with van der Waals surface area (Å²) in [5, 5.41) is 7.03. The van der Waals surface area contributed by atoms with E-state index in [1.807, 2.05) is 6.07 Å². The maximum Gasteiger partial charge on any atom is 0.406 e. The van der Waals surface area contributed by atoms with Gasteiger partial charge in [0.2, 0.25) is 0 Å². The molecule has 4 aromatic heterocycles. The molecule has 0 unspecified atom stereocenters. The van der Waals surface area contributed by atoms with Gasteiger partial charge in [-0.2, -0.15) is 18.3 Å². The molecular weight excluding hydrogens is 423 g/mol. The minimum Gasteiger partial charge on any atom is -0.354 e. The normalized spacial score (nSPS) is 15.7. The van der Waals surface area contributed by atoms with Crippen LogP contribution in [-0.2, 0) is 6.54 Å². The Bertz CT molecular complexity index is 1350. The van der Waals surface area contributed by atoms with Gasteiger partial charge < -0.3 is 9.80 Å². The van der Waals surface area contributed by atoms with Crippen LogP contribution in [0.5, 0.6) is 0 Å². The number of pyridine rings is 3. The molecule has 0 bridgehead atoms. The maximum atomic E-state index is 13.3. The standard InChI is InChI=1S/C21H20F3N7O/c1-29-4-6-30(7-5-29)18-8-13(2-3-25-18)16-9-17-14(10-26-16)19-15(11-27-28-19)20(32)31(17)12-21(22,23)24/h2-3,8-11H,4-7,12H2,1H3,(H,27,28). The summed E-state index contributed by atoms with van der Waals surface area (Å²) in [5.74, 6) is 0.786. The number of hydrogen-bond donors (Lipinski definition) is 1. The number of aromatic nitrogens is 5. The van der Waals surface area contributed by atoms with Gasteiger partial charge in [0.05, 0.1) is 28.3 Å². The number of halogens is 3. The molecule has 0 amide bonds. The van der Waals surface area contributed by atoms with E-state index in [0.717, 1.165) is 36.6 Å². The second kappa shape index (κ2) is 7.59. The van der Waals surface area contributed by atoms with Crippen molar-refractivity contribution in [3.63, 3.8) is 0 Å². The van der Waals surface area contributed by atoms with E-state index >= 15 is 0 Å². The van der Waals surface area contributed by atoms with E-state index in [9.17, 15) is 18.0 Å². The lowest BCUT2D eigenvalue weighted by Gasteiger charge is -2.33. The lowest BCUT2D eigenvalue weighted by molar-refractivity contribution is -0.140. The minimum absolute atomic E-state index is 0.0950. The first-order valence-corrected chi connectivity index (χ1v) is 10.1. The molecular formula is C21H20F3N7O. The summed E-state index contributed by atoms with van der Waals surface area (Å²) < 4.78 is 40.5. The van der Waals surface area contributed by atoms with Gasteiger partial charge in [-0.1, -0.05) is 0 Å². The van der Waals surface area contributed by atoms with E-state index in [1.165, 1.54) is 18.5 Å². The van der Waals surface area contributed by atoms with Gasteiger partial charge in [0.15, 0.2) is 0 Å². The number of nitrogens with one attached hydrogen (secondary N) is 1. The predicted octanol–water partition coefficient (Wildman–Crippen LogP) is 2.65. The molecule has 4 aromatic rings. The Morgan fingerprint density at radius 3 is 2.59 bits per heavy atom. The highest BCUT2D eigenvalue weighted by Gasteiger charge is 2.30. The highest BCUT2D eigenvalue weighted by molar-refractivity contribution is 6.03. The van der Waals surface area contributed by atoms with Gasteiger partial charge in [0, 0.05) is 49.5 Å². The average Bonchev–Trinajstić information content (AvgIpc) is 3.26. The molecule has 0 spiro atoms. The Kier molecular flexibility index (Phi) is 4.85. The molecule has 0 aliphatic carbocycles. The number of aromatic amines is 1. The van der Waals surface area contributed by atoms with Crippen LogP contribution in [-0.4, -0.2) is 69.0 Å². The third-order valence-corrected chi connectivity index (χ3v) is 5.76. The van der Waals surface area contributed by atoms with Crippen molar-refractivity contribution in [1.82, 2.24) is 29.6 Å². The summed E-state index contributed by atoms with van der Waals surface area (Å²) in [6.45, 7) is 2.12. The zero-order valence-corrected chi connectivity index (χ0v) is 17.2. The first kappa shape index (κ1) is 20.4. The van der Waals surface area contributed by atoms with E-state index in [2.05, 4.69) is 37.0 Å². The highest BCUT2D eigenvalue weighted by Crippen LogP contribution is 2.28. The predicted molar refractivity (Wildman–Crippen MR) is 115 cm³/mol. The summed E-state index contributed by atoms with van der Waals surface area (Å²) in [5.41, 5.74) is 0.946. The fraction of sp³-hybridized carbons (Fsp3) is 0.333. The highest BCUT2D eigenvalue weighted by atomic mass is 19.4. The Morgan fingerprint density at radius 1 is 1.06 bits per heavy atom. The van der Waals surface area contributed by atoms with Gasteiger partial charge in [-0.05, 0) is 25.2 Å². The van der Waals surface area contributed by atoms with Gasteiger partial charge in [-0.15, -0.1) is 0 Å². The number of piperazine rings is 1. The molecule has 1 N–H and O–H groups in total. The van der Waals surface area contributed by atoms with Crippen LogP contribution in [0.1, 0.15) is 0 Å². The maximum absolute atomic E-state index is 13.3. The number of H-pyrrole nitrogens is 1. The fourth-order valence-corrected chi connectivity index (χ4v) is 4.05. The lowest BCUT2D eigenvalue weighted by Crippen LogP contribution is -2.44.